The number of hydrogen-bond acceptors (Lipinski definition) is 17. The fourth-order valence-corrected chi connectivity index (χ4v) is 10.2. The number of hydrogen-bond donors (Lipinski definition) is 3. The first-order valence-electron chi connectivity index (χ1n) is 24.6. The molecule has 1 aliphatic carbocycles. The number of nitrogen functional groups attached to an aromatic ring is 1. The highest BCUT2D eigenvalue weighted by Gasteiger charge is 2.40. The lowest BCUT2D eigenvalue weighted by molar-refractivity contribution is -0.137. The van der Waals surface area contributed by atoms with Crippen molar-refractivity contribution in [2.45, 2.75) is 102 Å². The van der Waals surface area contributed by atoms with Crippen molar-refractivity contribution in [2.75, 3.05) is 81.5 Å². The molecule has 5 aromatic rings. The van der Waals surface area contributed by atoms with E-state index < -0.39 is 41.2 Å². The van der Waals surface area contributed by atoms with Crippen molar-refractivity contribution in [1.82, 2.24) is 59.9 Å². The molecule has 1 unspecified atom stereocenters. The van der Waals surface area contributed by atoms with E-state index in [4.69, 9.17) is 30.1 Å². The minimum Gasteiger partial charge on any atom is -0.439 e. The van der Waals surface area contributed by atoms with Crippen LogP contribution in [0.5, 0.6) is 0 Å². The van der Waals surface area contributed by atoms with Crippen molar-refractivity contribution in [3.63, 3.8) is 0 Å². The number of amides is 4. The summed E-state index contributed by atoms with van der Waals surface area (Å²) < 4.78 is 56.1. The summed E-state index contributed by atoms with van der Waals surface area (Å²) in [6.07, 6.45) is 6.21. The third kappa shape index (κ3) is 10.2. The first-order chi connectivity index (χ1) is 34.5. The predicted molar refractivity (Wildman–Crippen MR) is 255 cm³/mol. The van der Waals surface area contributed by atoms with E-state index in [-0.39, 0.29) is 54.5 Å². The molecule has 1 saturated carbocycles. The van der Waals surface area contributed by atoms with E-state index in [2.05, 4.69) is 35.6 Å². The third-order valence-corrected chi connectivity index (χ3v) is 14.4. The molecule has 1 atom stereocenters. The van der Waals surface area contributed by atoms with Gasteiger partial charge in [-0.2, -0.15) is 18.3 Å². The Morgan fingerprint density at radius 2 is 1.56 bits per heavy atom. The standard InChI is InChI=1S/C48H58F3N15O6/c1-47(2,3)66-44-37(41(52)56-26-57-44)38(60-66)39-36(40(72-61-39)29-4-5-29)42-53-21-30(22-54-42)28-10-14-65(15-11-28)46(70)71-25-35(68)63-12-8-27(9-13-63)24-62-16-18-64(19-17-62)43-32(48(49,50)51)20-31(23-55-43)58-33-6-7-34(67)59-45(33)69/h20-23,26-29,33,58H,4-19,24-25H2,1-3H3,(H2,52,56,57)(H,59,67,69). The number of nitrogens with two attached hydrogens (primary N) is 1. The smallest absolute Gasteiger partial charge is 0.420 e. The average Bonchev–Trinajstić information content (AvgIpc) is 3.98. The molecule has 5 aliphatic rings. The van der Waals surface area contributed by atoms with Gasteiger partial charge in [0.05, 0.1) is 28.4 Å². The zero-order chi connectivity index (χ0) is 50.5. The molecule has 5 fully saturated rings. The van der Waals surface area contributed by atoms with Crippen molar-refractivity contribution in [3.05, 3.63) is 47.9 Å². The molecule has 10 rings (SSSR count). The Morgan fingerprint density at radius 3 is 2.22 bits per heavy atom. The summed E-state index contributed by atoms with van der Waals surface area (Å²) in [6, 6.07) is 0.136. The molecular formula is C48H58F3N15O6. The Balaban J connectivity index is 0.670. The first kappa shape index (κ1) is 48.6. The van der Waals surface area contributed by atoms with Gasteiger partial charge in [0.15, 0.2) is 23.8 Å². The van der Waals surface area contributed by atoms with Crippen molar-refractivity contribution < 1.29 is 41.6 Å². The van der Waals surface area contributed by atoms with E-state index in [0.29, 0.717) is 111 Å². The van der Waals surface area contributed by atoms with Crippen LogP contribution in [0.25, 0.3) is 33.8 Å². The van der Waals surface area contributed by atoms with Crippen LogP contribution in [0.3, 0.4) is 0 Å². The zero-order valence-corrected chi connectivity index (χ0v) is 40.5. The number of piperazine rings is 1. The Labute approximate surface area is 412 Å². The van der Waals surface area contributed by atoms with E-state index >= 15 is 0 Å². The van der Waals surface area contributed by atoms with Gasteiger partial charge in [0.2, 0.25) is 11.8 Å². The van der Waals surface area contributed by atoms with E-state index in [1.54, 1.807) is 14.7 Å². The van der Waals surface area contributed by atoms with Crippen LogP contribution in [0, 0.1) is 5.92 Å². The number of likely N-dealkylation sites (tertiary alicyclic amines) is 2. The highest BCUT2D eigenvalue weighted by atomic mass is 19.4. The normalized spacial score (nSPS) is 20.0. The molecule has 9 heterocycles. The molecule has 24 heteroatoms. The number of nitrogens with zero attached hydrogens (tertiary/aromatic N) is 12. The summed E-state index contributed by atoms with van der Waals surface area (Å²) >= 11 is 0. The van der Waals surface area contributed by atoms with E-state index in [1.165, 1.54) is 12.5 Å². The van der Waals surface area contributed by atoms with Crippen molar-refractivity contribution in [2.24, 2.45) is 5.92 Å². The second-order valence-corrected chi connectivity index (χ2v) is 20.4. The Morgan fingerprint density at radius 1 is 0.847 bits per heavy atom. The number of aromatic nitrogens is 8. The summed E-state index contributed by atoms with van der Waals surface area (Å²) in [5.41, 5.74) is 8.36. The SMILES string of the molecule is CC(C)(C)n1nc(-c2noc(C3CC3)c2-c2ncc(C3CCN(C(=O)OCC(=O)N4CCC(CN5CCN(c6ncc(NC7CCC(=O)NC7=O)cc6C(F)(F)F)CC5)CC4)CC3)cn2)c2c(N)ncnc21. The van der Waals surface area contributed by atoms with Crippen LogP contribution < -0.4 is 21.3 Å². The molecule has 4 N–H and O–H groups in total. The summed E-state index contributed by atoms with van der Waals surface area (Å²) in [5.74, 6) is 0.668. The van der Waals surface area contributed by atoms with Crippen molar-refractivity contribution in [1.29, 1.82) is 0 Å². The molecule has 0 bridgehead atoms. The second kappa shape index (κ2) is 19.6. The molecule has 382 valence electrons. The third-order valence-electron chi connectivity index (χ3n) is 14.4. The number of carbonyl (C=O) groups is 4. The summed E-state index contributed by atoms with van der Waals surface area (Å²) in [7, 11) is 0. The number of ether oxygens (including phenoxy) is 1. The number of pyridine rings is 1. The first-order valence-corrected chi connectivity index (χ1v) is 24.6. The summed E-state index contributed by atoms with van der Waals surface area (Å²) in [6.45, 7) is 10.2. The highest BCUT2D eigenvalue weighted by molar-refractivity contribution is 6.02. The van der Waals surface area contributed by atoms with Gasteiger partial charge >= 0.3 is 12.3 Å². The minimum atomic E-state index is -4.67. The molecule has 0 aromatic carbocycles. The molecule has 5 aromatic heterocycles. The molecule has 72 heavy (non-hydrogen) atoms. The fraction of sp³-hybridized carbons (Fsp3) is 0.562. The maximum Gasteiger partial charge on any atom is 0.420 e. The largest absolute Gasteiger partial charge is 0.439 e. The Bertz CT molecular complexity index is 2840. The van der Waals surface area contributed by atoms with Gasteiger partial charge in [-0.15, -0.1) is 0 Å². The quantitative estimate of drug-likeness (QED) is 0.145. The van der Waals surface area contributed by atoms with Gasteiger partial charge in [-0.3, -0.25) is 24.6 Å². The van der Waals surface area contributed by atoms with Crippen LogP contribution in [0.15, 0.2) is 35.5 Å². The topological polar surface area (TPSA) is 249 Å². The molecule has 4 saturated heterocycles. The molecule has 0 spiro atoms. The number of nitrogens with one attached hydrogen (secondary N) is 2. The Kier molecular flexibility index (Phi) is 13.2. The monoisotopic (exact) mass is 997 g/mol. The van der Waals surface area contributed by atoms with Crippen molar-refractivity contribution in [3.8, 4) is 22.8 Å². The van der Waals surface area contributed by atoms with Gasteiger partial charge in [0.25, 0.3) is 5.91 Å². The zero-order valence-electron chi connectivity index (χ0n) is 40.5. The molecule has 4 amide bonds. The van der Waals surface area contributed by atoms with Gasteiger partial charge < -0.3 is 35.0 Å². The lowest BCUT2D eigenvalue weighted by Crippen LogP contribution is -2.50. The van der Waals surface area contributed by atoms with Gasteiger partial charge in [0, 0.05) is 83.6 Å². The number of carbonyl (C=O) groups excluding carboxylic acids is 4. The van der Waals surface area contributed by atoms with E-state index in [9.17, 15) is 32.3 Å². The average molecular weight is 998 g/mol. The number of imide groups is 1. The molecular weight excluding hydrogens is 940 g/mol. The summed E-state index contributed by atoms with van der Waals surface area (Å²) in [4.78, 5) is 79.8. The van der Waals surface area contributed by atoms with Crippen LogP contribution in [0.2, 0.25) is 0 Å². The van der Waals surface area contributed by atoms with E-state index in [1.807, 2.05) is 37.8 Å². The fourth-order valence-electron chi connectivity index (χ4n) is 10.2. The second-order valence-electron chi connectivity index (χ2n) is 20.4. The Hall–Kier alpha value is -6.98. The predicted octanol–water partition coefficient (Wildman–Crippen LogP) is 5.16. The van der Waals surface area contributed by atoms with Crippen LogP contribution in [0.4, 0.5) is 35.3 Å². The number of rotatable bonds is 11. The molecule has 4 aliphatic heterocycles. The van der Waals surface area contributed by atoms with E-state index in [0.717, 1.165) is 43.9 Å². The number of anilines is 3. The van der Waals surface area contributed by atoms with Gasteiger partial charge in [-0.1, -0.05) is 5.16 Å². The number of halogens is 3. The number of fused-ring (bicyclic) bond motifs is 1. The van der Waals surface area contributed by atoms with Crippen LogP contribution in [0.1, 0.15) is 101 Å². The van der Waals surface area contributed by atoms with Gasteiger partial charge in [-0.05, 0) is 89.2 Å². The van der Waals surface area contributed by atoms with Crippen LogP contribution in [-0.4, -0.2) is 150 Å². The van der Waals surface area contributed by atoms with Crippen LogP contribution in [-0.2, 0) is 30.8 Å². The number of alkyl halides is 3. The van der Waals surface area contributed by atoms with Gasteiger partial charge in [0.1, 0.15) is 41.0 Å². The van der Waals surface area contributed by atoms with Crippen molar-refractivity contribution >= 4 is 52.2 Å². The lowest BCUT2D eigenvalue weighted by Gasteiger charge is -2.39. The highest BCUT2D eigenvalue weighted by Crippen LogP contribution is 2.48. The molecule has 21 nitrogen and oxygen atoms in total. The maximum absolute atomic E-state index is 14.3. The maximum atomic E-state index is 14.3. The van der Waals surface area contributed by atoms with Gasteiger partial charge in [-0.25, -0.2) is 34.4 Å². The lowest BCUT2D eigenvalue weighted by atomic mass is 9.91. The van der Waals surface area contributed by atoms with Crippen LogP contribution >= 0.6 is 0 Å². The molecule has 0 radical (unpaired) electrons. The minimum absolute atomic E-state index is 0.0519. The number of piperidine rings is 3. The summed E-state index contributed by atoms with van der Waals surface area (Å²) in [5, 5.41) is 15.0.